The SMILES string of the molecule is Cc1ccc(OC(=O)c2ccc(C)c(Br)c2)cc1. The minimum Gasteiger partial charge on any atom is -0.423 e. The van der Waals surface area contributed by atoms with Crippen LogP contribution in [0.15, 0.2) is 46.9 Å². The highest BCUT2D eigenvalue weighted by molar-refractivity contribution is 9.10. The van der Waals surface area contributed by atoms with Crippen molar-refractivity contribution in [1.82, 2.24) is 0 Å². The van der Waals surface area contributed by atoms with E-state index in [4.69, 9.17) is 4.74 Å². The molecule has 0 saturated heterocycles. The van der Waals surface area contributed by atoms with Crippen molar-refractivity contribution in [3.8, 4) is 5.75 Å². The van der Waals surface area contributed by atoms with Gasteiger partial charge in [-0.25, -0.2) is 4.79 Å². The first-order valence-corrected chi connectivity index (χ1v) is 6.40. The highest BCUT2D eigenvalue weighted by Crippen LogP contribution is 2.19. The Labute approximate surface area is 115 Å². The lowest BCUT2D eigenvalue weighted by atomic mass is 10.1. The zero-order chi connectivity index (χ0) is 13.1. The number of rotatable bonds is 2. The largest absolute Gasteiger partial charge is 0.423 e. The standard InChI is InChI=1S/C15H13BrO2/c1-10-3-7-13(8-4-10)18-15(17)12-6-5-11(2)14(16)9-12/h3-9H,1-2H3. The van der Waals surface area contributed by atoms with Gasteiger partial charge in [0.05, 0.1) is 5.56 Å². The van der Waals surface area contributed by atoms with E-state index in [-0.39, 0.29) is 5.97 Å². The van der Waals surface area contributed by atoms with Crippen molar-refractivity contribution >= 4 is 21.9 Å². The smallest absolute Gasteiger partial charge is 0.343 e. The van der Waals surface area contributed by atoms with Crippen molar-refractivity contribution in [2.45, 2.75) is 13.8 Å². The van der Waals surface area contributed by atoms with Gasteiger partial charge in [0.1, 0.15) is 5.75 Å². The van der Waals surface area contributed by atoms with Gasteiger partial charge in [0.15, 0.2) is 0 Å². The van der Waals surface area contributed by atoms with E-state index >= 15 is 0 Å². The van der Waals surface area contributed by atoms with Gasteiger partial charge >= 0.3 is 5.97 Å². The summed E-state index contributed by atoms with van der Waals surface area (Å²) < 4.78 is 6.19. The van der Waals surface area contributed by atoms with Crippen LogP contribution in [0, 0.1) is 13.8 Å². The van der Waals surface area contributed by atoms with E-state index in [2.05, 4.69) is 15.9 Å². The number of aryl methyl sites for hydroxylation is 2. The lowest BCUT2D eigenvalue weighted by Gasteiger charge is -2.06. The van der Waals surface area contributed by atoms with Crippen LogP contribution < -0.4 is 4.74 Å². The normalized spacial score (nSPS) is 10.2. The van der Waals surface area contributed by atoms with E-state index in [9.17, 15) is 4.79 Å². The predicted octanol–water partition coefficient (Wildman–Crippen LogP) is 4.29. The highest BCUT2D eigenvalue weighted by atomic mass is 79.9. The molecule has 0 fully saturated rings. The zero-order valence-electron chi connectivity index (χ0n) is 10.2. The second-order valence-corrected chi connectivity index (χ2v) is 5.02. The molecule has 0 aliphatic rings. The summed E-state index contributed by atoms with van der Waals surface area (Å²) in [5, 5.41) is 0. The van der Waals surface area contributed by atoms with Gasteiger partial charge < -0.3 is 4.74 Å². The molecule has 2 nitrogen and oxygen atoms in total. The number of hydrogen-bond donors (Lipinski definition) is 0. The summed E-state index contributed by atoms with van der Waals surface area (Å²) >= 11 is 3.40. The van der Waals surface area contributed by atoms with Crippen LogP contribution in [0.4, 0.5) is 0 Å². The molecule has 0 heterocycles. The molecule has 0 N–H and O–H groups in total. The molecule has 0 spiro atoms. The van der Waals surface area contributed by atoms with Crippen LogP contribution in [0.5, 0.6) is 5.75 Å². The van der Waals surface area contributed by atoms with E-state index in [1.807, 2.05) is 32.0 Å². The average molecular weight is 305 g/mol. The fraction of sp³-hybridized carbons (Fsp3) is 0.133. The molecule has 92 valence electrons. The quantitative estimate of drug-likeness (QED) is 0.611. The number of halogens is 1. The Bertz CT molecular complexity index is 574. The Hall–Kier alpha value is -1.61. The maximum absolute atomic E-state index is 11.9. The Morgan fingerprint density at radius 3 is 2.33 bits per heavy atom. The molecule has 0 aliphatic carbocycles. The third-order valence-corrected chi connectivity index (χ3v) is 3.49. The predicted molar refractivity (Wildman–Crippen MR) is 75.0 cm³/mol. The van der Waals surface area contributed by atoms with Gasteiger partial charge in [-0.05, 0) is 43.7 Å². The summed E-state index contributed by atoms with van der Waals surface area (Å²) in [6, 6.07) is 12.8. The van der Waals surface area contributed by atoms with Crippen LogP contribution >= 0.6 is 15.9 Å². The maximum atomic E-state index is 11.9. The summed E-state index contributed by atoms with van der Waals surface area (Å²) in [7, 11) is 0. The van der Waals surface area contributed by atoms with Crippen LogP contribution in [0.25, 0.3) is 0 Å². The van der Waals surface area contributed by atoms with Gasteiger partial charge in [-0.2, -0.15) is 0 Å². The molecular weight excluding hydrogens is 292 g/mol. The Morgan fingerprint density at radius 1 is 1.06 bits per heavy atom. The molecule has 0 unspecified atom stereocenters. The number of carbonyl (C=O) groups excluding carboxylic acids is 1. The number of esters is 1. The van der Waals surface area contributed by atoms with Gasteiger partial charge in [-0.1, -0.05) is 39.7 Å². The molecule has 0 aliphatic heterocycles. The Morgan fingerprint density at radius 2 is 1.72 bits per heavy atom. The van der Waals surface area contributed by atoms with E-state index in [0.29, 0.717) is 11.3 Å². The van der Waals surface area contributed by atoms with E-state index in [1.54, 1.807) is 24.3 Å². The third-order valence-electron chi connectivity index (χ3n) is 2.64. The van der Waals surface area contributed by atoms with Crippen LogP contribution in [-0.2, 0) is 0 Å². The molecule has 2 rings (SSSR count). The maximum Gasteiger partial charge on any atom is 0.343 e. The molecule has 0 aromatic heterocycles. The van der Waals surface area contributed by atoms with Gasteiger partial charge in [0.25, 0.3) is 0 Å². The van der Waals surface area contributed by atoms with E-state index in [1.165, 1.54) is 0 Å². The lowest BCUT2D eigenvalue weighted by molar-refractivity contribution is 0.0734. The van der Waals surface area contributed by atoms with Gasteiger partial charge in [0, 0.05) is 4.47 Å². The van der Waals surface area contributed by atoms with Crippen molar-refractivity contribution in [3.05, 3.63) is 63.6 Å². The van der Waals surface area contributed by atoms with Crippen LogP contribution in [-0.4, -0.2) is 5.97 Å². The topological polar surface area (TPSA) is 26.3 Å². The first-order chi connectivity index (χ1) is 8.56. The fourth-order valence-corrected chi connectivity index (χ4v) is 1.87. The van der Waals surface area contributed by atoms with E-state index < -0.39 is 0 Å². The monoisotopic (exact) mass is 304 g/mol. The minimum atomic E-state index is -0.348. The molecule has 18 heavy (non-hydrogen) atoms. The second kappa shape index (κ2) is 5.36. The van der Waals surface area contributed by atoms with Gasteiger partial charge in [0.2, 0.25) is 0 Å². The van der Waals surface area contributed by atoms with Crippen LogP contribution in [0.3, 0.4) is 0 Å². The number of ether oxygens (including phenoxy) is 1. The summed E-state index contributed by atoms with van der Waals surface area (Å²) in [4.78, 5) is 11.9. The summed E-state index contributed by atoms with van der Waals surface area (Å²) in [5.74, 6) is 0.210. The van der Waals surface area contributed by atoms with Gasteiger partial charge in [-0.15, -0.1) is 0 Å². The molecule has 2 aromatic rings. The first kappa shape index (κ1) is 12.8. The molecule has 0 bridgehead atoms. The molecule has 0 atom stereocenters. The summed E-state index contributed by atoms with van der Waals surface area (Å²) in [6.45, 7) is 3.96. The summed E-state index contributed by atoms with van der Waals surface area (Å²) in [5.41, 5.74) is 2.75. The molecule has 2 aromatic carbocycles. The molecular formula is C15H13BrO2. The van der Waals surface area contributed by atoms with Crippen LogP contribution in [0.1, 0.15) is 21.5 Å². The number of benzene rings is 2. The zero-order valence-corrected chi connectivity index (χ0v) is 11.8. The van der Waals surface area contributed by atoms with Crippen LogP contribution in [0.2, 0.25) is 0 Å². The van der Waals surface area contributed by atoms with Crippen molar-refractivity contribution in [3.63, 3.8) is 0 Å². The highest BCUT2D eigenvalue weighted by Gasteiger charge is 2.09. The van der Waals surface area contributed by atoms with Crippen molar-refractivity contribution < 1.29 is 9.53 Å². The third kappa shape index (κ3) is 2.99. The Balaban J connectivity index is 2.16. The second-order valence-electron chi connectivity index (χ2n) is 4.17. The number of hydrogen-bond acceptors (Lipinski definition) is 2. The Kier molecular flexibility index (Phi) is 3.82. The lowest BCUT2D eigenvalue weighted by Crippen LogP contribution is -2.08. The minimum absolute atomic E-state index is 0.348. The molecule has 3 heteroatoms. The first-order valence-electron chi connectivity index (χ1n) is 5.61. The molecule has 0 amide bonds. The van der Waals surface area contributed by atoms with Crippen molar-refractivity contribution in [1.29, 1.82) is 0 Å². The van der Waals surface area contributed by atoms with E-state index in [0.717, 1.165) is 15.6 Å². The van der Waals surface area contributed by atoms with Crippen molar-refractivity contribution in [2.75, 3.05) is 0 Å². The number of carbonyl (C=O) groups is 1. The molecule has 0 saturated carbocycles. The molecule has 0 radical (unpaired) electrons. The summed E-state index contributed by atoms with van der Waals surface area (Å²) in [6.07, 6.45) is 0. The van der Waals surface area contributed by atoms with Gasteiger partial charge in [-0.3, -0.25) is 0 Å². The van der Waals surface area contributed by atoms with Crippen molar-refractivity contribution in [2.24, 2.45) is 0 Å². The average Bonchev–Trinajstić information content (AvgIpc) is 2.35. The fourth-order valence-electron chi connectivity index (χ4n) is 1.49.